The highest BCUT2D eigenvalue weighted by atomic mass is 16.5. The molecule has 0 aliphatic carbocycles. The highest BCUT2D eigenvalue weighted by Gasteiger charge is 2.43. The molecule has 0 bridgehead atoms. The van der Waals surface area contributed by atoms with Crippen LogP contribution in [0.2, 0.25) is 0 Å². The lowest BCUT2D eigenvalue weighted by molar-refractivity contribution is -0.156. The average molecular weight is 268 g/mol. The third-order valence-electron chi connectivity index (χ3n) is 4.40. The van der Waals surface area contributed by atoms with Gasteiger partial charge < -0.3 is 9.64 Å². The van der Waals surface area contributed by atoms with E-state index in [1.54, 1.807) is 0 Å². The summed E-state index contributed by atoms with van der Waals surface area (Å²) in [6.07, 6.45) is 2.31. The van der Waals surface area contributed by atoms with Gasteiger partial charge in [-0.3, -0.25) is 9.69 Å². The molecule has 2 fully saturated rings. The summed E-state index contributed by atoms with van der Waals surface area (Å²) in [5, 5.41) is 0. The Morgan fingerprint density at radius 3 is 2.68 bits per heavy atom. The Labute approximate surface area is 117 Å². The van der Waals surface area contributed by atoms with Gasteiger partial charge in [-0.15, -0.1) is 0 Å². The van der Waals surface area contributed by atoms with E-state index in [1.165, 1.54) is 0 Å². The van der Waals surface area contributed by atoms with Crippen LogP contribution in [0.3, 0.4) is 0 Å². The van der Waals surface area contributed by atoms with Crippen molar-refractivity contribution < 1.29 is 9.53 Å². The van der Waals surface area contributed by atoms with Crippen LogP contribution >= 0.6 is 0 Å². The summed E-state index contributed by atoms with van der Waals surface area (Å²) in [4.78, 5) is 17.1. The maximum atomic E-state index is 12.7. The summed E-state index contributed by atoms with van der Waals surface area (Å²) in [7, 11) is 0. The van der Waals surface area contributed by atoms with E-state index in [0.717, 1.165) is 25.9 Å². The fourth-order valence-electron chi connectivity index (χ4n) is 3.24. The fraction of sp³-hybridized carbons (Fsp3) is 0.933. The second-order valence-electron chi connectivity index (χ2n) is 6.87. The van der Waals surface area contributed by atoms with Crippen molar-refractivity contribution in [3.63, 3.8) is 0 Å². The zero-order valence-corrected chi connectivity index (χ0v) is 13.0. The number of hydrogen-bond acceptors (Lipinski definition) is 3. The molecule has 2 rings (SSSR count). The standard InChI is InChI=1S/C15H28N2O2/c1-11(2)16-8-6-7-13(14(16)18)17-9-12(3)19-10-15(17,4)5/h11-13H,6-10H2,1-5H3. The molecule has 0 spiro atoms. The van der Waals surface area contributed by atoms with Crippen LogP contribution in [0.15, 0.2) is 0 Å². The lowest BCUT2D eigenvalue weighted by Crippen LogP contribution is -2.64. The van der Waals surface area contributed by atoms with Gasteiger partial charge in [0.2, 0.25) is 5.91 Å². The molecule has 2 unspecified atom stereocenters. The molecular weight excluding hydrogens is 240 g/mol. The normalized spacial score (nSPS) is 32.9. The highest BCUT2D eigenvalue weighted by Crippen LogP contribution is 2.29. The minimum Gasteiger partial charge on any atom is -0.375 e. The highest BCUT2D eigenvalue weighted by molar-refractivity contribution is 5.83. The van der Waals surface area contributed by atoms with Crippen LogP contribution in [-0.4, -0.2) is 59.1 Å². The molecule has 0 aromatic rings. The number of rotatable bonds is 2. The minimum atomic E-state index is -0.0488. The second kappa shape index (κ2) is 5.41. The number of carbonyl (C=O) groups is 1. The molecule has 2 heterocycles. The van der Waals surface area contributed by atoms with Crippen LogP contribution in [-0.2, 0) is 9.53 Å². The average Bonchev–Trinajstić information content (AvgIpc) is 2.33. The van der Waals surface area contributed by atoms with Crippen molar-refractivity contribution in [2.75, 3.05) is 19.7 Å². The second-order valence-corrected chi connectivity index (χ2v) is 6.87. The van der Waals surface area contributed by atoms with Crippen molar-refractivity contribution in [3.8, 4) is 0 Å². The van der Waals surface area contributed by atoms with E-state index in [-0.39, 0.29) is 17.7 Å². The number of piperidine rings is 1. The van der Waals surface area contributed by atoms with Crippen LogP contribution < -0.4 is 0 Å². The first-order valence-electron chi connectivity index (χ1n) is 7.52. The van der Waals surface area contributed by atoms with Gasteiger partial charge in [0.05, 0.1) is 18.8 Å². The molecule has 4 heteroatoms. The Balaban J connectivity index is 2.17. The zero-order chi connectivity index (χ0) is 14.2. The molecular formula is C15H28N2O2. The molecule has 0 saturated carbocycles. The quantitative estimate of drug-likeness (QED) is 0.766. The number of morpholine rings is 1. The molecule has 2 aliphatic rings. The molecule has 2 saturated heterocycles. The number of carbonyl (C=O) groups excluding carboxylic acids is 1. The van der Waals surface area contributed by atoms with Gasteiger partial charge in [-0.25, -0.2) is 0 Å². The van der Waals surface area contributed by atoms with Gasteiger partial charge in [-0.2, -0.15) is 0 Å². The van der Waals surface area contributed by atoms with E-state index >= 15 is 0 Å². The van der Waals surface area contributed by atoms with Crippen molar-refractivity contribution in [1.82, 2.24) is 9.80 Å². The molecule has 2 atom stereocenters. The topological polar surface area (TPSA) is 32.8 Å². The summed E-state index contributed by atoms with van der Waals surface area (Å²) in [5.41, 5.74) is -0.0488. The Kier molecular flexibility index (Phi) is 4.21. The lowest BCUT2D eigenvalue weighted by Gasteiger charge is -2.50. The van der Waals surface area contributed by atoms with E-state index in [2.05, 4.69) is 39.5 Å². The van der Waals surface area contributed by atoms with Gasteiger partial charge in [-0.1, -0.05) is 0 Å². The Morgan fingerprint density at radius 1 is 1.37 bits per heavy atom. The predicted molar refractivity (Wildman–Crippen MR) is 76.1 cm³/mol. The molecule has 4 nitrogen and oxygen atoms in total. The summed E-state index contributed by atoms with van der Waals surface area (Å²) < 4.78 is 5.76. The van der Waals surface area contributed by atoms with Gasteiger partial charge in [0, 0.05) is 24.7 Å². The number of nitrogens with zero attached hydrogens (tertiary/aromatic N) is 2. The van der Waals surface area contributed by atoms with Crippen LogP contribution in [0.4, 0.5) is 0 Å². The van der Waals surface area contributed by atoms with Crippen LogP contribution in [0.25, 0.3) is 0 Å². The molecule has 0 aromatic carbocycles. The number of ether oxygens (including phenoxy) is 1. The Morgan fingerprint density at radius 2 is 2.05 bits per heavy atom. The first-order chi connectivity index (χ1) is 8.83. The van der Waals surface area contributed by atoms with E-state index in [4.69, 9.17) is 4.74 Å². The fourth-order valence-corrected chi connectivity index (χ4v) is 3.24. The maximum Gasteiger partial charge on any atom is 0.240 e. The van der Waals surface area contributed by atoms with Gasteiger partial charge >= 0.3 is 0 Å². The van der Waals surface area contributed by atoms with Gasteiger partial charge in [0.1, 0.15) is 0 Å². The molecule has 2 aliphatic heterocycles. The van der Waals surface area contributed by atoms with E-state index in [9.17, 15) is 4.79 Å². The summed E-state index contributed by atoms with van der Waals surface area (Å²) in [6.45, 7) is 13.1. The van der Waals surface area contributed by atoms with Crippen LogP contribution in [0.5, 0.6) is 0 Å². The SMILES string of the molecule is CC1CN(C2CCCN(C(C)C)C2=O)C(C)(C)CO1. The largest absolute Gasteiger partial charge is 0.375 e. The number of likely N-dealkylation sites (tertiary alicyclic amines) is 1. The van der Waals surface area contributed by atoms with Gasteiger partial charge in [-0.05, 0) is 47.5 Å². The van der Waals surface area contributed by atoms with Crippen molar-refractivity contribution in [1.29, 1.82) is 0 Å². The number of amides is 1. The third kappa shape index (κ3) is 2.95. The van der Waals surface area contributed by atoms with Crippen molar-refractivity contribution >= 4 is 5.91 Å². The Hall–Kier alpha value is -0.610. The van der Waals surface area contributed by atoms with Crippen LogP contribution in [0.1, 0.15) is 47.5 Å². The first-order valence-corrected chi connectivity index (χ1v) is 7.52. The summed E-state index contributed by atoms with van der Waals surface area (Å²) in [6, 6.07) is 0.342. The van der Waals surface area contributed by atoms with Crippen LogP contribution in [0, 0.1) is 0 Å². The monoisotopic (exact) mass is 268 g/mol. The van der Waals surface area contributed by atoms with E-state index in [1.807, 2.05) is 4.90 Å². The van der Waals surface area contributed by atoms with Gasteiger partial charge in [0.15, 0.2) is 0 Å². The zero-order valence-electron chi connectivity index (χ0n) is 13.0. The molecule has 110 valence electrons. The maximum absolute atomic E-state index is 12.7. The minimum absolute atomic E-state index is 0.0394. The van der Waals surface area contributed by atoms with Gasteiger partial charge in [0.25, 0.3) is 0 Å². The molecule has 1 amide bonds. The smallest absolute Gasteiger partial charge is 0.240 e. The first kappa shape index (κ1) is 14.8. The summed E-state index contributed by atoms with van der Waals surface area (Å²) >= 11 is 0. The third-order valence-corrected chi connectivity index (χ3v) is 4.40. The van der Waals surface area contributed by atoms with Crippen molar-refractivity contribution in [3.05, 3.63) is 0 Å². The molecule has 0 radical (unpaired) electrons. The van der Waals surface area contributed by atoms with Crippen molar-refractivity contribution in [2.45, 2.75) is 71.2 Å². The lowest BCUT2D eigenvalue weighted by atomic mass is 9.93. The van der Waals surface area contributed by atoms with Crippen molar-refractivity contribution in [2.24, 2.45) is 0 Å². The Bertz CT molecular complexity index is 341. The van der Waals surface area contributed by atoms with E-state index in [0.29, 0.717) is 18.6 Å². The predicted octanol–water partition coefficient (Wildman–Crippen LogP) is 1.89. The summed E-state index contributed by atoms with van der Waals surface area (Å²) in [5.74, 6) is 0.309. The number of hydrogen-bond donors (Lipinski definition) is 0. The molecule has 19 heavy (non-hydrogen) atoms. The molecule has 0 aromatic heterocycles. The van der Waals surface area contributed by atoms with E-state index < -0.39 is 0 Å². The molecule has 0 N–H and O–H groups in total.